The van der Waals surface area contributed by atoms with E-state index in [0.717, 1.165) is 0 Å². The summed E-state index contributed by atoms with van der Waals surface area (Å²) in [4.78, 5) is 89.9. The molecule has 11 rings (SSSR count). The van der Waals surface area contributed by atoms with Crippen LogP contribution in [0.15, 0.2) is 187 Å². The fraction of sp³-hybridized carbons (Fsp3) is 0.488. The minimum absolute atomic E-state index is 0.00802. The van der Waals surface area contributed by atoms with Crippen LogP contribution in [0.25, 0.3) is 10.4 Å². The average Bonchev–Trinajstić information content (AvgIpc) is 0.923. The third kappa shape index (κ3) is 24.5. The van der Waals surface area contributed by atoms with Crippen molar-refractivity contribution < 1.29 is 121 Å². The van der Waals surface area contributed by atoms with Crippen LogP contribution < -0.4 is 26.6 Å². The van der Waals surface area contributed by atoms with Gasteiger partial charge in [0.25, 0.3) is 5.91 Å². The summed E-state index contributed by atoms with van der Waals surface area (Å²) in [6, 6.07) is 46.2. The molecule has 1 aliphatic carbocycles. The number of nitrogens with one attached hydrogen (secondary N) is 5. The molecule has 5 aliphatic rings. The number of aliphatic hydroxyl groups excluding tert-OH is 5. The summed E-state index contributed by atoms with van der Waals surface area (Å²) in [6.07, 6.45) is -31.6. The first-order chi connectivity index (χ1) is 56.5. The molecule has 34 heteroatoms. The number of nitrogens with zero attached hydrogens (tertiary/aromatic N) is 4. The molecule has 0 radical (unpaired) electrons. The van der Waals surface area contributed by atoms with Gasteiger partial charge in [-0.25, -0.2) is 24.0 Å². The first-order valence-electron chi connectivity index (χ1n) is 38.8. The summed E-state index contributed by atoms with van der Waals surface area (Å²) >= 11 is 0. The summed E-state index contributed by atoms with van der Waals surface area (Å²) < 4.78 is 87.6. The van der Waals surface area contributed by atoms with Gasteiger partial charge in [0.05, 0.1) is 50.5 Å². The minimum atomic E-state index is -2.10. The zero-order chi connectivity index (χ0) is 81.7. The number of rotatable bonds is 36. The molecule has 34 nitrogen and oxygen atoms in total. The molecule has 10 N–H and O–H groups in total. The van der Waals surface area contributed by atoms with E-state index in [1.54, 1.807) is 170 Å². The number of alkyl carbamates (subject to hydrolysis) is 4. The predicted molar refractivity (Wildman–Crippen MR) is 409 cm³/mol. The average molecular weight is 1610 g/mol. The molecule has 6 aromatic carbocycles. The lowest BCUT2D eigenvalue weighted by Crippen LogP contribution is -2.70. The summed E-state index contributed by atoms with van der Waals surface area (Å²) in [5.74, 6) is -0.895. The third-order valence-corrected chi connectivity index (χ3v) is 20.1. The molecule has 0 bridgehead atoms. The van der Waals surface area contributed by atoms with Gasteiger partial charge in [0.15, 0.2) is 31.2 Å². The normalized spacial score (nSPS) is 27.4. The second-order valence-corrected chi connectivity index (χ2v) is 28.4. The third-order valence-electron chi connectivity index (χ3n) is 20.1. The van der Waals surface area contributed by atoms with Crippen molar-refractivity contribution in [3.8, 4) is 0 Å². The quantitative estimate of drug-likeness (QED) is 0.00608. The second-order valence-electron chi connectivity index (χ2n) is 28.4. The van der Waals surface area contributed by atoms with E-state index in [9.17, 15) is 55.0 Å². The van der Waals surface area contributed by atoms with Gasteiger partial charge < -0.3 is 118 Å². The zero-order valence-electron chi connectivity index (χ0n) is 64.2. The molecule has 6 amide bonds. The maximum Gasteiger partial charge on any atom is 0.412 e. The van der Waals surface area contributed by atoms with Crippen molar-refractivity contribution >= 4 is 36.4 Å². The molecular formula is C82H101N9O25. The predicted octanol–water partition coefficient (Wildman–Crippen LogP) is 7.26. The number of aliphatic hydroxyl groups is 5. The number of amides is 6. The molecular weight excluding hydrogens is 1510 g/mol. The molecule has 6 aromatic rings. The van der Waals surface area contributed by atoms with Gasteiger partial charge in [-0.05, 0) is 52.6 Å². The summed E-state index contributed by atoms with van der Waals surface area (Å²) in [5, 5.41) is 79.7. The Morgan fingerprint density at radius 3 is 1.53 bits per heavy atom. The van der Waals surface area contributed by atoms with E-state index < -0.39 is 178 Å². The Labute approximate surface area is 670 Å². The van der Waals surface area contributed by atoms with E-state index in [-0.39, 0.29) is 72.3 Å². The lowest BCUT2D eigenvalue weighted by Gasteiger charge is -2.51. The molecule has 624 valence electrons. The molecule has 5 fully saturated rings. The highest BCUT2D eigenvalue weighted by molar-refractivity contribution is 5.82. The number of unbranched alkanes of at least 4 members (excludes halogenated alkanes) is 2. The molecule has 1 unspecified atom stereocenters. The molecule has 21 atom stereocenters. The van der Waals surface area contributed by atoms with Crippen molar-refractivity contribution in [1.82, 2.24) is 31.5 Å². The van der Waals surface area contributed by atoms with E-state index in [1.807, 2.05) is 26.0 Å². The Balaban J connectivity index is 0.940. The van der Waals surface area contributed by atoms with Crippen molar-refractivity contribution in [3.05, 3.63) is 226 Å². The number of ether oxygens (including phenoxy) is 14. The fourth-order valence-electron chi connectivity index (χ4n) is 14.0. The number of benzene rings is 6. The highest BCUT2D eigenvalue weighted by atomic mass is 16.8. The largest absolute Gasteiger partial charge is 0.445 e. The fourth-order valence-corrected chi connectivity index (χ4v) is 14.0. The van der Waals surface area contributed by atoms with Gasteiger partial charge in [-0.1, -0.05) is 214 Å². The summed E-state index contributed by atoms with van der Waals surface area (Å²) in [7, 11) is 0. The number of azide groups is 1. The summed E-state index contributed by atoms with van der Waals surface area (Å²) in [5.41, 5.74) is 13.2. The van der Waals surface area contributed by atoms with E-state index in [4.69, 9.17) is 66.3 Å². The van der Waals surface area contributed by atoms with Gasteiger partial charge in [0, 0.05) is 30.1 Å². The number of fused-ring (bicyclic) bond motifs is 1. The SMILES string of the molecule is CCCCO[C@H](C(=O)N[C@@H]1C[C@H](NC(=O)OCc2ccccc2)[C@@H](O[C@H]2O[C@H](CN=[N+]=[N-])C[C@@H](O)[C@H]2NC(=O)OCc2ccccc2)[C@H](O[C@@H]2O[C@H](CO)[C@@H](O[C@H]3O[C@H]4CN(C(=O)OCc5ccccc5)C(c5ccccc5)O[C@H]4[C@H](O)[C@H]3NC(=O)OCc3ccccc3)[C@H]2O)[C@H]1O)[C@@H](CNC(=O)OCc1ccccc1)OCCCC. The second kappa shape index (κ2) is 44.3. The Kier molecular flexibility index (Phi) is 33.1. The topological polar surface area (TPSA) is 445 Å². The first kappa shape index (κ1) is 86.7. The maximum atomic E-state index is 15.5. The van der Waals surface area contributed by atoms with Crippen LogP contribution in [0.5, 0.6) is 0 Å². The number of carbonyl (C=O) groups is 6. The van der Waals surface area contributed by atoms with Crippen molar-refractivity contribution in [2.75, 3.05) is 39.5 Å². The van der Waals surface area contributed by atoms with Gasteiger partial charge in [-0.15, -0.1) is 0 Å². The number of hydrogen-bond acceptors (Lipinski definition) is 26. The minimum Gasteiger partial charge on any atom is -0.445 e. The smallest absolute Gasteiger partial charge is 0.412 e. The molecule has 1 saturated carbocycles. The van der Waals surface area contributed by atoms with Crippen molar-refractivity contribution in [2.24, 2.45) is 5.11 Å². The highest BCUT2D eigenvalue weighted by Gasteiger charge is 2.58. The standard InChI is InChI=1S/C82H101N9O25/c1-3-5-37-103-60(42-84-78(98)105-45-50-25-13-7-14-26-50)71(104-38-6-4-2)73(97)86-57-40-58(87-79(99)106-46-51-27-15-8-16-28-51)68(114-75-63(59(93)39-56(110-75)41-85-90-83)88-80(100)107-47-52-29-17-9-18-30-52)72(65(57)94)116-77-67(96)70(62(44-92)112-77)115-76-64(89-81(101)108-48-53-31-19-10-20-32-53)66(95)69-61(111-76)43-91(74(113-69)55-35-23-12-24-36-55)82(102)109-49-54-33-21-11-22-34-54/h7-36,56-72,74-77,92-96H,3-6,37-49H2,1-2H3,(H,84,98)(H,86,97)(H,87,99)(H,88,100)(H,89,101)/t56-,57+,58-,59+,60+,61-,62+,63+,64+,65-,66+,67+,68+,69+,70+,71-,72+,74?,75+,76+,77-/m0/s1. The van der Waals surface area contributed by atoms with Crippen LogP contribution in [0.3, 0.4) is 0 Å². The van der Waals surface area contributed by atoms with Crippen LogP contribution >= 0.6 is 0 Å². The van der Waals surface area contributed by atoms with Gasteiger partial charge >= 0.3 is 30.5 Å². The van der Waals surface area contributed by atoms with E-state index in [0.29, 0.717) is 59.1 Å². The lowest BCUT2D eigenvalue weighted by atomic mass is 9.83. The van der Waals surface area contributed by atoms with Crippen LogP contribution in [0.2, 0.25) is 0 Å². The molecule has 4 aliphatic heterocycles. The molecule has 4 saturated heterocycles. The highest BCUT2D eigenvalue weighted by Crippen LogP contribution is 2.40. The van der Waals surface area contributed by atoms with E-state index in [1.165, 1.54) is 4.90 Å². The van der Waals surface area contributed by atoms with Crippen LogP contribution in [0, 0.1) is 0 Å². The maximum absolute atomic E-state index is 15.5. The van der Waals surface area contributed by atoms with Gasteiger partial charge in [-0.2, -0.15) is 0 Å². The molecule has 0 aromatic heterocycles. The van der Waals surface area contributed by atoms with Crippen LogP contribution in [0.4, 0.5) is 24.0 Å². The van der Waals surface area contributed by atoms with Crippen LogP contribution in [-0.2, 0) is 104 Å². The van der Waals surface area contributed by atoms with Gasteiger partial charge in [-0.3, -0.25) is 9.69 Å². The van der Waals surface area contributed by atoms with Gasteiger partial charge in [0.2, 0.25) is 0 Å². The zero-order valence-corrected chi connectivity index (χ0v) is 64.2. The van der Waals surface area contributed by atoms with Crippen LogP contribution in [0.1, 0.15) is 92.0 Å². The Morgan fingerprint density at radius 2 is 1.00 bits per heavy atom. The molecule has 116 heavy (non-hydrogen) atoms. The van der Waals surface area contributed by atoms with E-state index >= 15 is 4.79 Å². The lowest BCUT2D eigenvalue weighted by molar-refractivity contribution is -0.323. The summed E-state index contributed by atoms with van der Waals surface area (Å²) in [6.45, 7) is 0.991. The number of hydrogen-bond donors (Lipinski definition) is 10. The van der Waals surface area contributed by atoms with Gasteiger partial charge in [0.1, 0.15) is 106 Å². The van der Waals surface area contributed by atoms with Crippen molar-refractivity contribution in [3.63, 3.8) is 0 Å². The number of carbonyl (C=O) groups excluding carboxylic acids is 6. The first-order valence-corrected chi connectivity index (χ1v) is 38.8. The van der Waals surface area contributed by atoms with Crippen LogP contribution in [-0.4, -0.2) is 229 Å². The van der Waals surface area contributed by atoms with Crippen molar-refractivity contribution in [1.29, 1.82) is 0 Å². The Bertz CT molecular complexity index is 4070. The monoisotopic (exact) mass is 1610 g/mol. The Hall–Kier alpha value is -10.1. The molecule has 4 heterocycles. The van der Waals surface area contributed by atoms with E-state index in [2.05, 4.69) is 36.6 Å². The Morgan fingerprint density at radius 1 is 0.517 bits per heavy atom. The van der Waals surface area contributed by atoms with Crippen molar-refractivity contribution in [2.45, 2.75) is 214 Å². The molecule has 0 spiro atoms.